The zero-order valence-electron chi connectivity index (χ0n) is 7.14. The van der Waals surface area contributed by atoms with E-state index in [4.69, 9.17) is 5.11 Å². The van der Waals surface area contributed by atoms with Gasteiger partial charge in [0.1, 0.15) is 0 Å². The van der Waals surface area contributed by atoms with Gasteiger partial charge in [-0.3, -0.25) is 4.79 Å². The lowest BCUT2D eigenvalue weighted by Crippen LogP contribution is -2.33. The predicted octanol–water partition coefficient (Wildman–Crippen LogP) is 0.920. The highest BCUT2D eigenvalue weighted by Crippen LogP contribution is 2.18. The average molecular weight is 231 g/mol. The molecule has 0 fully saturated rings. The van der Waals surface area contributed by atoms with E-state index in [9.17, 15) is 9.59 Å². The largest absolute Gasteiger partial charge is 0.479 e. The maximum Gasteiger partial charge on any atom is 0.331 e. The zero-order chi connectivity index (χ0) is 10.6. The molecule has 0 bridgehead atoms. The number of aliphatic carboxylic acids is 1. The third-order valence-corrected chi connectivity index (χ3v) is 2.75. The smallest absolute Gasteiger partial charge is 0.331 e. The molecule has 76 valence electrons. The van der Waals surface area contributed by atoms with E-state index in [-0.39, 0.29) is 5.75 Å². The van der Waals surface area contributed by atoms with Crippen LogP contribution in [0.1, 0.15) is 10.9 Å². The number of carbonyl (C=O) groups excluding carboxylic acids is 1. The number of rotatable bonds is 4. The molecule has 1 aromatic heterocycles. The highest BCUT2D eigenvalue weighted by atomic mass is 32.1. The number of nitrogens with one attached hydrogen (secondary N) is 1. The van der Waals surface area contributed by atoms with Crippen LogP contribution >= 0.6 is 24.0 Å². The van der Waals surface area contributed by atoms with Crippen LogP contribution in [0.15, 0.2) is 17.5 Å². The molecule has 0 saturated carbocycles. The van der Waals surface area contributed by atoms with E-state index in [1.807, 2.05) is 0 Å². The van der Waals surface area contributed by atoms with Gasteiger partial charge in [-0.05, 0) is 11.4 Å². The lowest BCUT2D eigenvalue weighted by molar-refractivity contribution is -0.141. The van der Waals surface area contributed by atoms with E-state index in [0.717, 1.165) is 0 Å². The second-order valence-electron chi connectivity index (χ2n) is 2.51. The van der Waals surface area contributed by atoms with Gasteiger partial charge in [0.25, 0.3) is 0 Å². The minimum Gasteiger partial charge on any atom is -0.479 e. The molecule has 1 aromatic rings. The molecule has 6 heteroatoms. The van der Waals surface area contributed by atoms with Gasteiger partial charge < -0.3 is 10.4 Å². The topological polar surface area (TPSA) is 66.4 Å². The summed E-state index contributed by atoms with van der Waals surface area (Å²) in [6.07, 6.45) is 0. The first kappa shape index (κ1) is 11.1. The van der Waals surface area contributed by atoms with Crippen molar-refractivity contribution >= 4 is 35.8 Å². The van der Waals surface area contributed by atoms with Gasteiger partial charge in [0.05, 0.1) is 5.75 Å². The van der Waals surface area contributed by atoms with Crippen LogP contribution in [0.3, 0.4) is 0 Å². The van der Waals surface area contributed by atoms with Crippen molar-refractivity contribution in [2.45, 2.75) is 6.04 Å². The predicted molar refractivity (Wildman–Crippen MR) is 56.7 cm³/mol. The van der Waals surface area contributed by atoms with Crippen LogP contribution in [0.2, 0.25) is 0 Å². The van der Waals surface area contributed by atoms with Crippen LogP contribution < -0.4 is 5.32 Å². The van der Waals surface area contributed by atoms with Gasteiger partial charge in [-0.25, -0.2) is 4.79 Å². The summed E-state index contributed by atoms with van der Waals surface area (Å²) in [7, 11) is 0. The molecule has 1 unspecified atom stereocenters. The van der Waals surface area contributed by atoms with Gasteiger partial charge in [0.15, 0.2) is 6.04 Å². The Morgan fingerprint density at radius 3 is 2.79 bits per heavy atom. The van der Waals surface area contributed by atoms with Crippen LogP contribution in [0.25, 0.3) is 0 Å². The maximum absolute atomic E-state index is 11.0. The van der Waals surface area contributed by atoms with Gasteiger partial charge in [0.2, 0.25) is 5.91 Å². The molecule has 4 nitrogen and oxygen atoms in total. The molecular weight excluding hydrogens is 222 g/mol. The Morgan fingerprint density at radius 2 is 2.36 bits per heavy atom. The molecule has 0 aliphatic carbocycles. The Balaban J connectivity index is 2.76. The van der Waals surface area contributed by atoms with Gasteiger partial charge >= 0.3 is 5.97 Å². The van der Waals surface area contributed by atoms with Crippen LogP contribution in [0.5, 0.6) is 0 Å². The van der Waals surface area contributed by atoms with Crippen LogP contribution in [0.4, 0.5) is 0 Å². The number of thiophene rings is 1. The summed E-state index contributed by atoms with van der Waals surface area (Å²) >= 11 is 5.05. The summed E-state index contributed by atoms with van der Waals surface area (Å²) in [6.45, 7) is 0. The highest BCUT2D eigenvalue weighted by molar-refractivity contribution is 7.81. The van der Waals surface area contributed by atoms with Crippen molar-refractivity contribution in [3.63, 3.8) is 0 Å². The van der Waals surface area contributed by atoms with E-state index in [1.54, 1.807) is 17.5 Å². The fourth-order valence-corrected chi connectivity index (χ4v) is 1.78. The lowest BCUT2D eigenvalue weighted by atomic mass is 10.2. The van der Waals surface area contributed by atoms with Gasteiger partial charge in [0, 0.05) is 4.88 Å². The van der Waals surface area contributed by atoms with Gasteiger partial charge in [-0.15, -0.1) is 11.3 Å². The molecule has 14 heavy (non-hydrogen) atoms. The molecular formula is C8H9NO3S2. The molecule has 0 radical (unpaired) electrons. The van der Waals surface area contributed by atoms with Crippen molar-refractivity contribution in [3.05, 3.63) is 22.4 Å². The van der Waals surface area contributed by atoms with E-state index in [1.165, 1.54) is 11.3 Å². The lowest BCUT2D eigenvalue weighted by Gasteiger charge is -2.11. The second-order valence-corrected chi connectivity index (χ2v) is 3.81. The molecule has 1 heterocycles. The van der Waals surface area contributed by atoms with Crippen LogP contribution in [-0.2, 0) is 9.59 Å². The first-order valence-corrected chi connectivity index (χ1v) is 5.32. The first-order valence-electron chi connectivity index (χ1n) is 3.81. The fourth-order valence-electron chi connectivity index (χ4n) is 0.917. The van der Waals surface area contributed by atoms with E-state index < -0.39 is 17.9 Å². The van der Waals surface area contributed by atoms with Crippen molar-refractivity contribution in [2.75, 3.05) is 5.75 Å². The summed E-state index contributed by atoms with van der Waals surface area (Å²) in [6, 6.07) is 2.44. The third-order valence-electron chi connectivity index (χ3n) is 1.52. The van der Waals surface area contributed by atoms with Crippen molar-refractivity contribution in [1.29, 1.82) is 0 Å². The zero-order valence-corrected chi connectivity index (χ0v) is 8.85. The number of amides is 1. The molecule has 0 spiro atoms. The molecule has 1 rings (SSSR count). The summed E-state index contributed by atoms with van der Waals surface area (Å²) in [4.78, 5) is 22.4. The Hall–Kier alpha value is -1.01. The minimum absolute atomic E-state index is 0.0187. The van der Waals surface area contributed by atoms with Crippen molar-refractivity contribution in [1.82, 2.24) is 5.32 Å². The molecule has 0 aromatic carbocycles. The van der Waals surface area contributed by atoms with E-state index in [2.05, 4.69) is 17.9 Å². The number of thiol groups is 1. The maximum atomic E-state index is 11.0. The number of hydrogen-bond acceptors (Lipinski definition) is 4. The van der Waals surface area contributed by atoms with Gasteiger partial charge in [-0.1, -0.05) is 6.07 Å². The minimum atomic E-state index is -1.07. The van der Waals surface area contributed by atoms with Crippen LogP contribution in [-0.4, -0.2) is 22.7 Å². The SMILES string of the molecule is O=C(CS)NC(C(=O)O)c1cccs1. The summed E-state index contributed by atoms with van der Waals surface area (Å²) in [5.41, 5.74) is 0. The fraction of sp³-hybridized carbons (Fsp3) is 0.250. The van der Waals surface area contributed by atoms with Crippen molar-refractivity contribution < 1.29 is 14.7 Å². The Kier molecular flexibility index (Phi) is 3.97. The molecule has 1 atom stereocenters. The summed E-state index contributed by atoms with van der Waals surface area (Å²) in [5, 5.41) is 13.0. The average Bonchev–Trinajstić information content (AvgIpc) is 2.65. The summed E-state index contributed by atoms with van der Waals surface area (Å²) in [5.74, 6) is -1.48. The number of carboxylic acid groups (broad SMARTS) is 1. The quantitative estimate of drug-likeness (QED) is 0.675. The van der Waals surface area contributed by atoms with E-state index in [0.29, 0.717) is 4.88 Å². The number of carboxylic acids is 1. The van der Waals surface area contributed by atoms with Gasteiger partial charge in [-0.2, -0.15) is 12.6 Å². The Labute approximate surface area is 90.4 Å². The molecule has 0 aliphatic heterocycles. The Morgan fingerprint density at radius 1 is 1.64 bits per heavy atom. The third kappa shape index (κ3) is 2.74. The second kappa shape index (κ2) is 5.02. The summed E-state index contributed by atoms with van der Waals surface area (Å²) < 4.78 is 0. The normalized spacial score (nSPS) is 12.1. The Bertz CT molecular complexity index is 323. The van der Waals surface area contributed by atoms with E-state index >= 15 is 0 Å². The highest BCUT2D eigenvalue weighted by Gasteiger charge is 2.21. The first-order chi connectivity index (χ1) is 6.65. The molecule has 1 amide bonds. The van der Waals surface area contributed by atoms with Crippen LogP contribution in [0, 0.1) is 0 Å². The standard InChI is InChI=1S/C8H9NO3S2/c10-6(4-13)9-7(8(11)12)5-2-1-3-14-5/h1-3,7,13H,4H2,(H,9,10)(H,11,12). The number of carbonyl (C=O) groups is 2. The van der Waals surface area contributed by atoms with Crippen molar-refractivity contribution in [2.24, 2.45) is 0 Å². The molecule has 0 aliphatic rings. The number of hydrogen-bond donors (Lipinski definition) is 3. The molecule has 0 saturated heterocycles. The monoisotopic (exact) mass is 231 g/mol. The molecule has 2 N–H and O–H groups in total. The van der Waals surface area contributed by atoms with Crippen molar-refractivity contribution in [3.8, 4) is 0 Å².